The fraction of sp³-hybridized carbons (Fsp3) is 0.261. The summed E-state index contributed by atoms with van der Waals surface area (Å²) < 4.78 is 0. The standard InChI is InChI=1S/C23H25N3/c1-19(22-12-11-21-9-5-6-10-23(21)17-22)24-26-15-13-25(14-16-26)18-20-7-3-2-4-8-20/h2-12,17H,13-16,18H2,1H3/p+1/b24-19+. The highest BCUT2D eigenvalue weighted by molar-refractivity contribution is 6.01. The molecule has 0 atom stereocenters. The quantitative estimate of drug-likeness (QED) is 0.722. The molecule has 132 valence electrons. The Kier molecular flexibility index (Phi) is 4.98. The van der Waals surface area contributed by atoms with E-state index in [1.165, 1.54) is 21.9 Å². The lowest BCUT2D eigenvalue weighted by Crippen LogP contribution is -3.13. The van der Waals surface area contributed by atoms with Crippen LogP contribution in [0.1, 0.15) is 18.1 Å². The van der Waals surface area contributed by atoms with Gasteiger partial charge in [-0.1, -0.05) is 66.7 Å². The van der Waals surface area contributed by atoms with Gasteiger partial charge < -0.3 is 4.90 Å². The van der Waals surface area contributed by atoms with Crippen LogP contribution < -0.4 is 4.90 Å². The average molecular weight is 344 g/mol. The number of piperazine rings is 1. The zero-order valence-electron chi connectivity index (χ0n) is 15.4. The van der Waals surface area contributed by atoms with Crippen molar-refractivity contribution < 1.29 is 4.90 Å². The van der Waals surface area contributed by atoms with Gasteiger partial charge in [-0.15, -0.1) is 0 Å². The Morgan fingerprint density at radius 1 is 0.885 bits per heavy atom. The molecule has 0 spiro atoms. The van der Waals surface area contributed by atoms with E-state index in [4.69, 9.17) is 5.10 Å². The maximum absolute atomic E-state index is 4.89. The Bertz CT molecular complexity index is 893. The molecule has 26 heavy (non-hydrogen) atoms. The van der Waals surface area contributed by atoms with E-state index in [1.54, 1.807) is 4.90 Å². The van der Waals surface area contributed by atoms with Crippen LogP contribution in [0.25, 0.3) is 10.8 Å². The van der Waals surface area contributed by atoms with Gasteiger partial charge in [-0.25, -0.2) is 0 Å². The Balaban J connectivity index is 1.39. The van der Waals surface area contributed by atoms with Crippen molar-refractivity contribution in [2.75, 3.05) is 26.2 Å². The van der Waals surface area contributed by atoms with Crippen molar-refractivity contribution in [2.24, 2.45) is 5.10 Å². The first-order valence-electron chi connectivity index (χ1n) is 9.45. The fourth-order valence-electron chi connectivity index (χ4n) is 3.66. The summed E-state index contributed by atoms with van der Waals surface area (Å²) in [6, 6.07) is 25.9. The van der Waals surface area contributed by atoms with Crippen LogP contribution in [0.5, 0.6) is 0 Å². The number of nitrogens with one attached hydrogen (secondary N) is 1. The summed E-state index contributed by atoms with van der Waals surface area (Å²) in [6.45, 7) is 7.56. The second-order valence-corrected chi connectivity index (χ2v) is 7.11. The summed E-state index contributed by atoms with van der Waals surface area (Å²) >= 11 is 0. The number of rotatable bonds is 4. The van der Waals surface area contributed by atoms with Crippen molar-refractivity contribution in [3.05, 3.63) is 83.9 Å². The summed E-state index contributed by atoms with van der Waals surface area (Å²) in [5, 5.41) is 9.68. The molecule has 1 saturated heterocycles. The van der Waals surface area contributed by atoms with Gasteiger partial charge in [0.1, 0.15) is 6.54 Å². The van der Waals surface area contributed by atoms with Crippen molar-refractivity contribution in [1.29, 1.82) is 0 Å². The number of hydrogen-bond donors (Lipinski definition) is 1. The Morgan fingerprint density at radius 2 is 1.58 bits per heavy atom. The van der Waals surface area contributed by atoms with Crippen molar-refractivity contribution >= 4 is 16.5 Å². The molecule has 0 aromatic heterocycles. The number of benzene rings is 3. The molecule has 4 rings (SSSR count). The molecule has 0 radical (unpaired) electrons. The minimum atomic E-state index is 1.02. The molecule has 3 aromatic rings. The smallest absolute Gasteiger partial charge is 0.103 e. The molecule has 0 unspecified atom stereocenters. The van der Waals surface area contributed by atoms with Crippen molar-refractivity contribution in [3.63, 3.8) is 0 Å². The molecule has 0 aliphatic carbocycles. The molecular weight excluding hydrogens is 318 g/mol. The zero-order chi connectivity index (χ0) is 17.8. The highest BCUT2D eigenvalue weighted by Gasteiger charge is 2.19. The number of hydrazone groups is 1. The first-order valence-corrected chi connectivity index (χ1v) is 9.45. The van der Waals surface area contributed by atoms with E-state index < -0.39 is 0 Å². The van der Waals surface area contributed by atoms with E-state index >= 15 is 0 Å². The lowest BCUT2D eigenvalue weighted by molar-refractivity contribution is -0.918. The molecule has 1 aliphatic rings. The summed E-state index contributed by atoms with van der Waals surface area (Å²) in [7, 11) is 0. The molecule has 0 saturated carbocycles. The molecular formula is C23H26N3+. The van der Waals surface area contributed by atoms with Crippen LogP contribution in [0.4, 0.5) is 0 Å². The van der Waals surface area contributed by atoms with Crippen LogP contribution in [0, 0.1) is 0 Å². The van der Waals surface area contributed by atoms with E-state index in [0.29, 0.717) is 0 Å². The van der Waals surface area contributed by atoms with Gasteiger partial charge in [0.2, 0.25) is 0 Å². The van der Waals surface area contributed by atoms with Gasteiger partial charge in [-0.05, 0) is 29.3 Å². The SMILES string of the molecule is C/C(=N\N1CC[NH+](Cc2ccccc2)CC1)c1ccc2ccccc2c1. The van der Waals surface area contributed by atoms with E-state index in [0.717, 1.165) is 38.4 Å². The van der Waals surface area contributed by atoms with Crippen LogP contribution in [-0.2, 0) is 6.54 Å². The predicted molar refractivity (Wildman–Crippen MR) is 109 cm³/mol. The van der Waals surface area contributed by atoms with E-state index in [2.05, 4.69) is 84.7 Å². The molecule has 1 N–H and O–H groups in total. The summed E-state index contributed by atoms with van der Waals surface area (Å²) in [5.74, 6) is 0. The maximum atomic E-state index is 4.89. The first-order chi connectivity index (χ1) is 12.8. The topological polar surface area (TPSA) is 20.0 Å². The van der Waals surface area contributed by atoms with Gasteiger partial charge >= 0.3 is 0 Å². The number of nitrogens with zero attached hydrogens (tertiary/aromatic N) is 2. The Labute approximate surface area is 155 Å². The number of hydrogen-bond acceptors (Lipinski definition) is 2. The summed E-state index contributed by atoms with van der Waals surface area (Å²) in [5.41, 5.74) is 3.73. The van der Waals surface area contributed by atoms with Gasteiger partial charge in [-0.2, -0.15) is 5.10 Å². The third kappa shape index (κ3) is 3.94. The molecule has 1 heterocycles. The predicted octanol–water partition coefficient (Wildman–Crippen LogP) is 2.96. The fourth-order valence-corrected chi connectivity index (χ4v) is 3.66. The highest BCUT2D eigenvalue weighted by atomic mass is 15.5. The van der Waals surface area contributed by atoms with E-state index in [1.807, 2.05) is 0 Å². The Morgan fingerprint density at radius 3 is 2.35 bits per heavy atom. The molecule has 1 aliphatic heterocycles. The van der Waals surface area contributed by atoms with Crippen molar-refractivity contribution in [3.8, 4) is 0 Å². The van der Waals surface area contributed by atoms with Crippen molar-refractivity contribution in [1.82, 2.24) is 5.01 Å². The first kappa shape index (κ1) is 16.8. The van der Waals surface area contributed by atoms with Crippen LogP contribution in [0.2, 0.25) is 0 Å². The third-order valence-electron chi connectivity index (χ3n) is 5.20. The van der Waals surface area contributed by atoms with Gasteiger partial charge in [-0.3, -0.25) is 5.01 Å². The third-order valence-corrected chi connectivity index (χ3v) is 5.20. The molecule has 0 amide bonds. The maximum Gasteiger partial charge on any atom is 0.103 e. The normalized spacial score (nSPS) is 16.2. The van der Waals surface area contributed by atoms with Crippen LogP contribution in [0.15, 0.2) is 77.9 Å². The highest BCUT2D eigenvalue weighted by Crippen LogP contribution is 2.16. The summed E-state index contributed by atoms with van der Waals surface area (Å²) in [4.78, 5) is 1.64. The van der Waals surface area contributed by atoms with E-state index in [-0.39, 0.29) is 0 Å². The van der Waals surface area contributed by atoms with E-state index in [9.17, 15) is 0 Å². The molecule has 3 heteroatoms. The lowest BCUT2D eigenvalue weighted by Gasteiger charge is -2.31. The minimum Gasteiger partial charge on any atom is -0.328 e. The van der Waals surface area contributed by atoms with Crippen LogP contribution in [-0.4, -0.2) is 36.9 Å². The monoisotopic (exact) mass is 344 g/mol. The Hall–Kier alpha value is -2.65. The van der Waals surface area contributed by atoms with Gasteiger partial charge in [0.15, 0.2) is 0 Å². The number of quaternary nitrogens is 1. The second-order valence-electron chi connectivity index (χ2n) is 7.11. The van der Waals surface area contributed by atoms with Crippen molar-refractivity contribution in [2.45, 2.75) is 13.5 Å². The molecule has 3 nitrogen and oxygen atoms in total. The molecule has 0 bridgehead atoms. The van der Waals surface area contributed by atoms with Gasteiger partial charge in [0.25, 0.3) is 0 Å². The van der Waals surface area contributed by atoms with Crippen LogP contribution in [0.3, 0.4) is 0 Å². The number of fused-ring (bicyclic) bond motifs is 1. The molecule has 1 fully saturated rings. The molecule has 3 aromatic carbocycles. The zero-order valence-corrected chi connectivity index (χ0v) is 15.4. The minimum absolute atomic E-state index is 1.02. The largest absolute Gasteiger partial charge is 0.328 e. The van der Waals surface area contributed by atoms with Gasteiger partial charge in [0, 0.05) is 5.56 Å². The van der Waals surface area contributed by atoms with Crippen LogP contribution >= 0.6 is 0 Å². The summed E-state index contributed by atoms with van der Waals surface area (Å²) in [6.07, 6.45) is 0. The second kappa shape index (κ2) is 7.71. The lowest BCUT2D eigenvalue weighted by atomic mass is 10.0. The average Bonchev–Trinajstić information content (AvgIpc) is 2.70. The van der Waals surface area contributed by atoms with Gasteiger partial charge in [0.05, 0.1) is 31.9 Å².